The molecule has 0 aliphatic rings. The molecule has 2 N–H and O–H groups in total. The largest absolute Gasteiger partial charge is 0.478 e. The Morgan fingerprint density at radius 2 is 1.17 bits per heavy atom. The second-order valence-electron chi connectivity index (χ2n) is 7.65. The molecule has 0 fully saturated rings. The first-order valence-electron chi connectivity index (χ1n) is 10.6. The normalized spacial score (nSPS) is 12.1. The van der Waals surface area contributed by atoms with Crippen molar-refractivity contribution in [3.63, 3.8) is 0 Å². The molecule has 0 aromatic heterocycles. The Morgan fingerprint density at radius 3 is 1.60 bits per heavy atom. The van der Waals surface area contributed by atoms with Crippen LogP contribution in [0.4, 0.5) is 11.4 Å². The van der Waals surface area contributed by atoms with Crippen molar-refractivity contribution >= 4 is 35.2 Å². The Balaban J connectivity index is 1.88. The van der Waals surface area contributed by atoms with Crippen LogP contribution in [0.1, 0.15) is 20.7 Å². The number of nitrogens with zero attached hydrogens (tertiary/aromatic N) is 1. The van der Waals surface area contributed by atoms with Gasteiger partial charge < -0.3 is 24.8 Å². The lowest BCUT2D eigenvalue weighted by molar-refractivity contribution is -0.157. The molecule has 35 heavy (non-hydrogen) atoms. The molecular weight excluding hydrogens is 452 g/mol. The molecule has 1 amide bonds. The van der Waals surface area contributed by atoms with Gasteiger partial charge in [0.15, 0.2) is 0 Å². The highest BCUT2D eigenvalue weighted by molar-refractivity contribution is 6.01. The average Bonchev–Trinajstić information content (AvgIpc) is 2.87. The van der Waals surface area contributed by atoms with Gasteiger partial charge in [-0.05, 0) is 48.5 Å². The maximum absolute atomic E-state index is 13.1. The van der Waals surface area contributed by atoms with Crippen LogP contribution in [0.15, 0.2) is 84.9 Å². The molecule has 0 unspecified atom stereocenters. The van der Waals surface area contributed by atoms with Gasteiger partial charge in [0, 0.05) is 25.5 Å². The minimum Gasteiger partial charge on any atom is -0.478 e. The molecule has 0 bridgehead atoms. The molecule has 9 heteroatoms. The van der Waals surface area contributed by atoms with Crippen LogP contribution in [0.2, 0.25) is 0 Å². The highest BCUT2D eigenvalue weighted by atomic mass is 16.6. The van der Waals surface area contributed by atoms with Crippen LogP contribution >= 0.6 is 0 Å². The van der Waals surface area contributed by atoms with Crippen molar-refractivity contribution in [1.82, 2.24) is 0 Å². The summed E-state index contributed by atoms with van der Waals surface area (Å²) in [6.07, 6.45) is -4.07. The molecule has 0 saturated carbocycles. The molecule has 9 nitrogen and oxygen atoms in total. The summed E-state index contributed by atoms with van der Waals surface area (Å²) in [5.74, 6) is -4.56. The second-order valence-corrected chi connectivity index (χ2v) is 7.65. The predicted molar refractivity (Wildman–Crippen MR) is 128 cm³/mol. The highest BCUT2D eigenvalue weighted by Gasteiger charge is 2.41. The number of esters is 2. The van der Waals surface area contributed by atoms with Gasteiger partial charge in [0.2, 0.25) is 12.2 Å². The maximum Gasteiger partial charge on any atom is 0.349 e. The lowest BCUT2D eigenvalue weighted by Crippen LogP contribution is -2.48. The molecule has 3 rings (SSSR count). The average molecular weight is 476 g/mol. The number of benzene rings is 3. The van der Waals surface area contributed by atoms with Crippen molar-refractivity contribution in [3.05, 3.63) is 96.1 Å². The van der Waals surface area contributed by atoms with Crippen LogP contribution < -0.4 is 10.2 Å². The summed E-state index contributed by atoms with van der Waals surface area (Å²) in [5.41, 5.74) is 1.38. The summed E-state index contributed by atoms with van der Waals surface area (Å²) in [4.78, 5) is 52.2. The smallest absolute Gasteiger partial charge is 0.349 e. The first-order valence-corrected chi connectivity index (χ1v) is 10.6. The number of hydrogen-bond acceptors (Lipinski definition) is 7. The van der Waals surface area contributed by atoms with E-state index in [-0.39, 0.29) is 11.1 Å². The summed E-state index contributed by atoms with van der Waals surface area (Å²) < 4.78 is 10.4. The van der Waals surface area contributed by atoms with Gasteiger partial charge in [-0.25, -0.2) is 14.4 Å². The minimum atomic E-state index is -2.10. The van der Waals surface area contributed by atoms with Gasteiger partial charge in [0.05, 0.1) is 11.1 Å². The number of ether oxygens (including phenoxy) is 2. The summed E-state index contributed by atoms with van der Waals surface area (Å²) in [7, 11) is 3.70. The lowest BCUT2D eigenvalue weighted by atomic mass is 10.1. The number of carboxylic acid groups (broad SMARTS) is 1. The molecule has 0 saturated heterocycles. The van der Waals surface area contributed by atoms with Crippen LogP contribution in [0.5, 0.6) is 0 Å². The van der Waals surface area contributed by atoms with Crippen LogP contribution in [0.3, 0.4) is 0 Å². The zero-order valence-electron chi connectivity index (χ0n) is 19.1. The number of anilines is 2. The number of hydrogen-bond donors (Lipinski definition) is 2. The van der Waals surface area contributed by atoms with E-state index in [2.05, 4.69) is 5.32 Å². The van der Waals surface area contributed by atoms with Gasteiger partial charge in [-0.2, -0.15) is 0 Å². The number of rotatable bonds is 9. The molecule has 0 aliphatic heterocycles. The molecule has 0 heterocycles. The number of carbonyl (C=O) groups excluding carboxylic acids is 3. The second kappa shape index (κ2) is 11.5. The van der Waals surface area contributed by atoms with Crippen LogP contribution in [0, 0.1) is 0 Å². The Labute approximate surface area is 201 Å². The van der Waals surface area contributed by atoms with E-state index >= 15 is 0 Å². The summed E-state index contributed by atoms with van der Waals surface area (Å²) >= 11 is 0. The van der Waals surface area contributed by atoms with E-state index in [0.29, 0.717) is 5.69 Å². The first kappa shape index (κ1) is 25.0. The zero-order valence-corrected chi connectivity index (χ0v) is 19.1. The van der Waals surface area contributed by atoms with Gasteiger partial charge in [0.1, 0.15) is 0 Å². The van der Waals surface area contributed by atoms with E-state index in [1.807, 2.05) is 19.0 Å². The Hall–Kier alpha value is -4.66. The first-order chi connectivity index (χ1) is 16.8. The van der Waals surface area contributed by atoms with Crippen molar-refractivity contribution in [3.8, 4) is 0 Å². The van der Waals surface area contributed by atoms with Gasteiger partial charge >= 0.3 is 17.9 Å². The van der Waals surface area contributed by atoms with Crippen molar-refractivity contribution in [1.29, 1.82) is 0 Å². The summed E-state index contributed by atoms with van der Waals surface area (Å²) in [6, 6.07) is 22.1. The summed E-state index contributed by atoms with van der Waals surface area (Å²) in [5, 5.41) is 12.3. The fraction of sp³-hybridized carbons (Fsp3) is 0.154. The van der Waals surface area contributed by atoms with Crippen molar-refractivity contribution < 1.29 is 33.8 Å². The molecule has 3 aromatic carbocycles. The quantitative estimate of drug-likeness (QED) is 0.452. The minimum absolute atomic E-state index is 0.0755. The molecular formula is C26H24N2O7. The molecule has 2 atom stereocenters. The number of carbonyl (C=O) groups is 4. The van der Waals surface area contributed by atoms with Gasteiger partial charge in [-0.3, -0.25) is 4.79 Å². The van der Waals surface area contributed by atoms with Crippen LogP contribution in [-0.2, 0) is 19.1 Å². The Kier molecular flexibility index (Phi) is 8.18. The molecule has 3 aromatic rings. The van der Waals surface area contributed by atoms with Crippen LogP contribution in [-0.4, -0.2) is 55.2 Å². The molecule has 0 radical (unpaired) electrons. The van der Waals surface area contributed by atoms with E-state index in [0.717, 1.165) is 5.69 Å². The fourth-order valence-corrected chi connectivity index (χ4v) is 3.07. The monoisotopic (exact) mass is 476 g/mol. The molecule has 180 valence electrons. The van der Waals surface area contributed by atoms with E-state index in [4.69, 9.17) is 9.47 Å². The van der Waals surface area contributed by atoms with E-state index in [1.54, 1.807) is 60.7 Å². The molecule has 0 aliphatic carbocycles. The zero-order chi connectivity index (χ0) is 25.4. The third kappa shape index (κ3) is 6.67. The van der Waals surface area contributed by atoms with Crippen molar-refractivity contribution in [2.75, 3.05) is 24.3 Å². The van der Waals surface area contributed by atoms with Crippen molar-refractivity contribution in [2.24, 2.45) is 0 Å². The van der Waals surface area contributed by atoms with Crippen LogP contribution in [0.25, 0.3) is 0 Å². The Morgan fingerprint density at radius 1 is 0.714 bits per heavy atom. The SMILES string of the molecule is CN(C)c1ccc(NC(=O)[C@@H](OC(=O)c2ccccc2)[C@@H](OC(=O)c2ccccc2)C(=O)O)cc1. The number of amides is 1. The van der Waals surface area contributed by atoms with E-state index in [1.165, 1.54) is 24.3 Å². The van der Waals surface area contributed by atoms with Gasteiger partial charge in [-0.15, -0.1) is 0 Å². The number of carboxylic acids is 1. The highest BCUT2D eigenvalue weighted by Crippen LogP contribution is 2.18. The lowest BCUT2D eigenvalue weighted by Gasteiger charge is -2.23. The van der Waals surface area contributed by atoms with Gasteiger partial charge in [-0.1, -0.05) is 36.4 Å². The predicted octanol–water partition coefficient (Wildman–Crippen LogP) is 3.23. The van der Waals surface area contributed by atoms with E-state index < -0.39 is 36.0 Å². The van der Waals surface area contributed by atoms with Crippen molar-refractivity contribution in [2.45, 2.75) is 12.2 Å². The molecule has 0 spiro atoms. The maximum atomic E-state index is 13.1. The standard InChI is InChI=1S/C26H24N2O7/c1-28(2)20-15-13-19(14-16-20)27-23(29)21(34-25(32)17-9-5-3-6-10-17)22(24(30)31)35-26(33)18-11-7-4-8-12-18/h3-16,21-22H,1-2H3,(H,27,29)(H,30,31)/t21-,22+/m0/s1. The number of aliphatic carboxylic acids is 1. The van der Waals surface area contributed by atoms with Gasteiger partial charge in [0.25, 0.3) is 5.91 Å². The fourth-order valence-electron chi connectivity index (χ4n) is 3.07. The third-order valence-electron chi connectivity index (χ3n) is 4.92. The number of nitrogens with one attached hydrogen (secondary N) is 1. The van der Waals surface area contributed by atoms with E-state index in [9.17, 15) is 24.3 Å². The summed E-state index contributed by atoms with van der Waals surface area (Å²) in [6.45, 7) is 0. The topological polar surface area (TPSA) is 122 Å². The third-order valence-corrected chi connectivity index (χ3v) is 4.92. The Bertz CT molecular complexity index is 1180.